The molecule has 1 aliphatic heterocycles. The first-order valence-corrected chi connectivity index (χ1v) is 11.8. The van der Waals surface area contributed by atoms with Gasteiger partial charge in [0.2, 0.25) is 0 Å². The van der Waals surface area contributed by atoms with Crippen LogP contribution in [0.25, 0.3) is 10.9 Å². The van der Waals surface area contributed by atoms with Crippen molar-refractivity contribution in [3.8, 4) is 5.75 Å². The second-order valence-electron chi connectivity index (χ2n) is 8.20. The molecule has 0 saturated carbocycles. The summed E-state index contributed by atoms with van der Waals surface area (Å²) < 4.78 is 13.2. The van der Waals surface area contributed by atoms with Crippen molar-refractivity contribution in [2.24, 2.45) is 5.73 Å². The topological polar surface area (TPSA) is 130 Å². The Morgan fingerprint density at radius 3 is 2.52 bits per heavy atom. The molecular formula is C24H30N2O6S. The molecule has 33 heavy (non-hydrogen) atoms. The number of aliphatic hydroxyl groups is 4. The SMILES string of the molecule is Cc1ccc2c(Sc3ccc(OCCCN)cc3)cn([C@@H]3O[C@H](CO)[C@@H](O)[C@H](O)[C@H]3O)c2c1. The van der Waals surface area contributed by atoms with Crippen molar-refractivity contribution in [2.75, 3.05) is 19.8 Å². The number of ether oxygens (including phenoxy) is 2. The summed E-state index contributed by atoms with van der Waals surface area (Å²) in [5, 5.41) is 41.6. The summed E-state index contributed by atoms with van der Waals surface area (Å²) in [6.07, 6.45) is -3.46. The normalized spacial score (nSPS) is 25.5. The number of aromatic nitrogens is 1. The van der Waals surface area contributed by atoms with E-state index in [2.05, 4.69) is 0 Å². The molecule has 3 aromatic rings. The highest BCUT2D eigenvalue weighted by molar-refractivity contribution is 7.99. The zero-order chi connectivity index (χ0) is 23.5. The molecule has 0 aliphatic carbocycles. The van der Waals surface area contributed by atoms with E-state index in [1.807, 2.05) is 55.6 Å². The number of hydrogen-bond donors (Lipinski definition) is 5. The summed E-state index contributed by atoms with van der Waals surface area (Å²) in [6, 6.07) is 13.8. The van der Waals surface area contributed by atoms with Crippen LogP contribution in [0.15, 0.2) is 58.5 Å². The van der Waals surface area contributed by atoms with E-state index >= 15 is 0 Å². The van der Waals surface area contributed by atoms with Crippen LogP contribution in [0.5, 0.6) is 5.75 Å². The minimum absolute atomic E-state index is 0.471. The van der Waals surface area contributed by atoms with Crippen LogP contribution in [0, 0.1) is 6.92 Å². The van der Waals surface area contributed by atoms with Gasteiger partial charge in [0.15, 0.2) is 6.23 Å². The molecule has 178 valence electrons. The smallest absolute Gasteiger partial charge is 0.163 e. The van der Waals surface area contributed by atoms with Gasteiger partial charge < -0.3 is 40.2 Å². The summed E-state index contributed by atoms with van der Waals surface area (Å²) in [5.41, 5.74) is 7.36. The van der Waals surface area contributed by atoms with Crippen LogP contribution in [-0.4, -0.2) is 69.2 Å². The first-order chi connectivity index (χ1) is 15.9. The van der Waals surface area contributed by atoms with Gasteiger partial charge in [0.1, 0.15) is 30.2 Å². The van der Waals surface area contributed by atoms with Gasteiger partial charge in [-0.3, -0.25) is 0 Å². The summed E-state index contributed by atoms with van der Waals surface area (Å²) in [5.74, 6) is 0.784. The Hall–Kier alpha value is -2.11. The van der Waals surface area contributed by atoms with Crippen molar-refractivity contribution >= 4 is 22.7 Å². The van der Waals surface area contributed by atoms with E-state index < -0.39 is 37.3 Å². The van der Waals surface area contributed by atoms with Gasteiger partial charge in [-0.15, -0.1) is 0 Å². The third kappa shape index (κ3) is 5.04. The Kier molecular flexibility index (Phi) is 7.60. The largest absolute Gasteiger partial charge is 0.494 e. The average molecular weight is 475 g/mol. The van der Waals surface area contributed by atoms with Crippen molar-refractivity contribution < 1.29 is 29.9 Å². The number of rotatable bonds is 8. The zero-order valence-corrected chi connectivity index (χ0v) is 19.2. The van der Waals surface area contributed by atoms with E-state index in [0.29, 0.717) is 13.2 Å². The van der Waals surface area contributed by atoms with E-state index in [4.69, 9.17) is 15.2 Å². The van der Waals surface area contributed by atoms with Crippen LogP contribution in [0.1, 0.15) is 18.2 Å². The minimum Gasteiger partial charge on any atom is -0.494 e. The average Bonchev–Trinajstić information content (AvgIpc) is 3.16. The fraction of sp³-hybridized carbons (Fsp3) is 0.417. The number of fused-ring (bicyclic) bond motifs is 1. The molecule has 6 N–H and O–H groups in total. The van der Waals surface area contributed by atoms with Gasteiger partial charge in [-0.2, -0.15) is 0 Å². The van der Waals surface area contributed by atoms with Gasteiger partial charge in [0.25, 0.3) is 0 Å². The molecule has 1 aliphatic rings. The molecule has 0 bridgehead atoms. The standard InChI is InChI=1S/C24H30N2O6S/c1-14-3-8-17-18(11-14)26(24-23(30)22(29)21(28)19(13-27)32-24)12-20(17)33-16-6-4-15(5-7-16)31-10-2-9-25/h3-8,11-12,19,21-24,27-30H,2,9-10,13,25H2,1H3/t19-,21-,22+,23-,24-/m1/s1. The lowest BCUT2D eigenvalue weighted by atomic mass is 9.98. The molecule has 0 spiro atoms. The molecule has 5 atom stereocenters. The van der Waals surface area contributed by atoms with Gasteiger partial charge in [-0.1, -0.05) is 23.9 Å². The quantitative estimate of drug-likeness (QED) is 0.313. The van der Waals surface area contributed by atoms with Gasteiger partial charge in [0, 0.05) is 21.4 Å². The van der Waals surface area contributed by atoms with E-state index in [1.165, 1.54) is 0 Å². The van der Waals surface area contributed by atoms with E-state index in [1.54, 1.807) is 16.3 Å². The molecule has 1 saturated heterocycles. The highest BCUT2D eigenvalue weighted by atomic mass is 32.2. The van der Waals surface area contributed by atoms with Gasteiger partial charge in [-0.05, 0) is 55.8 Å². The summed E-state index contributed by atoms with van der Waals surface area (Å²) >= 11 is 1.56. The number of nitrogens with two attached hydrogens (primary N) is 1. The fourth-order valence-corrected chi connectivity index (χ4v) is 4.91. The maximum absolute atomic E-state index is 10.7. The number of benzene rings is 2. The van der Waals surface area contributed by atoms with Crippen molar-refractivity contribution in [3.63, 3.8) is 0 Å². The molecule has 0 amide bonds. The van der Waals surface area contributed by atoms with E-state index in [0.717, 1.165) is 38.4 Å². The number of aryl methyl sites for hydroxylation is 1. The predicted molar refractivity (Wildman–Crippen MR) is 125 cm³/mol. The number of hydrogen-bond acceptors (Lipinski definition) is 8. The molecule has 4 rings (SSSR count). The molecular weight excluding hydrogens is 444 g/mol. The second-order valence-corrected chi connectivity index (χ2v) is 9.32. The number of nitrogens with zero attached hydrogens (tertiary/aromatic N) is 1. The fourth-order valence-electron chi connectivity index (χ4n) is 3.94. The molecule has 8 nitrogen and oxygen atoms in total. The lowest BCUT2D eigenvalue weighted by molar-refractivity contribution is -0.250. The van der Waals surface area contributed by atoms with Crippen LogP contribution >= 0.6 is 11.8 Å². The Balaban J connectivity index is 1.64. The van der Waals surface area contributed by atoms with Crippen molar-refractivity contribution in [1.29, 1.82) is 0 Å². The van der Waals surface area contributed by atoms with Crippen LogP contribution in [0.2, 0.25) is 0 Å². The lowest BCUT2D eigenvalue weighted by Gasteiger charge is -2.40. The van der Waals surface area contributed by atoms with E-state index in [9.17, 15) is 20.4 Å². The molecule has 1 aromatic heterocycles. The monoisotopic (exact) mass is 474 g/mol. The predicted octanol–water partition coefficient (Wildman–Crippen LogP) is 1.80. The molecule has 0 radical (unpaired) electrons. The van der Waals surface area contributed by atoms with Crippen molar-refractivity contribution in [2.45, 2.75) is 53.8 Å². The van der Waals surface area contributed by atoms with Gasteiger partial charge in [0.05, 0.1) is 18.7 Å². The van der Waals surface area contributed by atoms with Crippen LogP contribution in [0.4, 0.5) is 0 Å². The number of aliphatic hydroxyl groups excluding tert-OH is 4. The van der Waals surface area contributed by atoms with Crippen LogP contribution < -0.4 is 10.5 Å². The van der Waals surface area contributed by atoms with Crippen molar-refractivity contribution in [3.05, 3.63) is 54.2 Å². The maximum Gasteiger partial charge on any atom is 0.163 e. The van der Waals surface area contributed by atoms with Crippen molar-refractivity contribution in [1.82, 2.24) is 4.57 Å². The molecule has 9 heteroatoms. The molecule has 2 aromatic carbocycles. The first kappa shape index (κ1) is 24.0. The lowest BCUT2D eigenvalue weighted by Crippen LogP contribution is -2.56. The van der Waals surface area contributed by atoms with Crippen LogP contribution in [0.3, 0.4) is 0 Å². The summed E-state index contributed by atoms with van der Waals surface area (Å²) in [6.45, 7) is 2.67. The van der Waals surface area contributed by atoms with Crippen LogP contribution in [-0.2, 0) is 4.74 Å². The Morgan fingerprint density at radius 1 is 1.06 bits per heavy atom. The Bertz CT molecular complexity index is 1070. The second kappa shape index (κ2) is 10.4. The highest BCUT2D eigenvalue weighted by Crippen LogP contribution is 2.39. The maximum atomic E-state index is 10.7. The highest BCUT2D eigenvalue weighted by Gasteiger charge is 2.44. The Morgan fingerprint density at radius 2 is 1.82 bits per heavy atom. The third-order valence-electron chi connectivity index (χ3n) is 5.76. The van der Waals surface area contributed by atoms with E-state index in [-0.39, 0.29) is 0 Å². The third-order valence-corrected chi connectivity index (χ3v) is 6.82. The van der Waals surface area contributed by atoms with Gasteiger partial charge in [-0.25, -0.2) is 0 Å². The molecule has 2 heterocycles. The first-order valence-electron chi connectivity index (χ1n) is 11.0. The summed E-state index contributed by atoms with van der Waals surface area (Å²) in [4.78, 5) is 1.95. The Labute approximate surface area is 196 Å². The molecule has 1 fully saturated rings. The van der Waals surface area contributed by atoms with Gasteiger partial charge >= 0.3 is 0 Å². The zero-order valence-electron chi connectivity index (χ0n) is 18.4. The minimum atomic E-state index is -1.44. The molecule has 0 unspecified atom stereocenters. The summed E-state index contributed by atoms with van der Waals surface area (Å²) in [7, 11) is 0.